The second kappa shape index (κ2) is 4.66. The van der Waals surface area contributed by atoms with Crippen LogP contribution in [-0.4, -0.2) is 25.0 Å². The van der Waals surface area contributed by atoms with E-state index in [1.54, 1.807) is 0 Å². The van der Waals surface area contributed by atoms with Crippen molar-refractivity contribution in [1.29, 1.82) is 0 Å². The van der Waals surface area contributed by atoms with E-state index >= 15 is 0 Å². The average molecular weight is 191 g/mol. The summed E-state index contributed by atoms with van der Waals surface area (Å²) in [4.78, 5) is 2.39. The zero-order valence-corrected chi connectivity index (χ0v) is 9.64. The fourth-order valence-corrected chi connectivity index (χ4v) is 2.24. The van der Waals surface area contributed by atoms with Crippen LogP contribution in [0.25, 0.3) is 0 Å². The molecule has 0 unspecified atom stereocenters. The highest BCUT2D eigenvalue weighted by Gasteiger charge is 2.31. The first-order valence-electron chi connectivity index (χ1n) is 5.46. The lowest BCUT2D eigenvalue weighted by atomic mass is 9.73. The van der Waals surface area contributed by atoms with E-state index in [2.05, 4.69) is 31.7 Å². The molecule has 0 spiro atoms. The van der Waals surface area contributed by atoms with Gasteiger partial charge in [-0.25, -0.2) is 0 Å². The molecule has 1 heteroatoms. The third-order valence-electron chi connectivity index (χ3n) is 3.50. The van der Waals surface area contributed by atoms with E-state index < -0.39 is 0 Å². The molecule has 0 aromatic rings. The predicted molar refractivity (Wildman–Crippen MR) is 62.0 cm³/mol. The van der Waals surface area contributed by atoms with Crippen molar-refractivity contribution in [3.05, 3.63) is 11.6 Å². The first-order valence-corrected chi connectivity index (χ1v) is 5.46. The Labute approximate surface area is 88.2 Å². The number of terminal acetylenes is 1. The minimum absolute atomic E-state index is 0.355. The van der Waals surface area contributed by atoms with Crippen LogP contribution in [0.15, 0.2) is 11.6 Å². The first-order chi connectivity index (χ1) is 6.62. The third-order valence-corrected chi connectivity index (χ3v) is 3.50. The molecular weight excluding hydrogens is 170 g/mol. The van der Waals surface area contributed by atoms with Gasteiger partial charge in [0.05, 0.1) is 0 Å². The average Bonchev–Trinajstić information content (AvgIpc) is 2.19. The fraction of sp³-hybridized carbons (Fsp3) is 0.692. The topological polar surface area (TPSA) is 3.24 Å². The summed E-state index contributed by atoms with van der Waals surface area (Å²) in [6.45, 7) is 6.94. The van der Waals surface area contributed by atoms with Crippen molar-refractivity contribution < 1.29 is 0 Å². The van der Waals surface area contributed by atoms with Gasteiger partial charge in [-0.2, -0.15) is 0 Å². The minimum Gasteiger partial charge on any atom is -0.306 e. The van der Waals surface area contributed by atoms with Gasteiger partial charge in [-0.15, -0.1) is 6.42 Å². The van der Waals surface area contributed by atoms with Gasteiger partial charge >= 0.3 is 0 Å². The number of hydrogen-bond donors (Lipinski definition) is 0. The molecule has 78 valence electrons. The summed E-state index contributed by atoms with van der Waals surface area (Å²) in [6, 6.07) is 0. The second-order valence-electron chi connectivity index (χ2n) is 4.55. The van der Waals surface area contributed by atoms with Gasteiger partial charge in [-0.1, -0.05) is 25.3 Å². The molecule has 1 nitrogen and oxygen atoms in total. The summed E-state index contributed by atoms with van der Waals surface area (Å²) in [5.74, 6) is 2.68. The number of piperidine rings is 1. The second-order valence-corrected chi connectivity index (χ2v) is 4.55. The maximum atomic E-state index is 5.36. The van der Waals surface area contributed by atoms with Gasteiger partial charge in [0.25, 0.3) is 0 Å². The lowest BCUT2D eigenvalue weighted by molar-refractivity contribution is 0.168. The Morgan fingerprint density at radius 1 is 1.50 bits per heavy atom. The summed E-state index contributed by atoms with van der Waals surface area (Å²) < 4.78 is 0. The standard InChI is InChI=1S/C13H21N/c1-5-7-12(6-2)13(3)8-10-14(4)11-9-13/h1,7H,6,8-11H2,2-4H3/b12-7+. The van der Waals surface area contributed by atoms with Crippen LogP contribution in [0, 0.1) is 17.8 Å². The largest absolute Gasteiger partial charge is 0.306 e. The lowest BCUT2D eigenvalue weighted by Crippen LogP contribution is -2.37. The van der Waals surface area contributed by atoms with E-state index in [1.165, 1.54) is 31.5 Å². The molecule has 0 aliphatic carbocycles. The molecule has 0 radical (unpaired) electrons. The molecular formula is C13H21N. The van der Waals surface area contributed by atoms with Crippen LogP contribution >= 0.6 is 0 Å². The molecule has 1 rings (SSSR count). The number of rotatable bonds is 2. The zero-order valence-electron chi connectivity index (χ0n) is 9.64. The van der Waals surface area contributed by atoms with Crippen molar-refractivity contribution in [3.63, 3.8) is 0 Å². The van der Waals surface area contributed by atoms with Gasteiger partial charge < -0.3 is 4.90 Å². The van der Waals surface area contributed by atoms with Crippen LogP contribution in [0.4, 0.5) is 0 Å². The van der Waals surface area contributed by atoms with Crippen molar-refractivity contribution in [3.8, 4) is 12.3 Å². The van der Waals surface area contributed by atoms with Crippen molar-refractivity contribution >= 4 is 0 Å². The van der Waals surface area contributed by atoms with Gasteiger partial charge in [0.15, 0.2) is 0 Å². The highest BCUT2D eigenvalue weighted by atomic mass is 15.1. The van der Waals surface area contributed by atoms with Crippen molar-refractivity contribution in [1.82, 2.24) is 4.90 Å². The summed E-state index contributed by atoms with van der Waals surface area (Å²) >= 11 is 0. The maximum absolute atomic E-state index is 5.36. The van der Waals surface area contributed by atoms with Crippen LogP contribution in [0.3, 0.4) is 0 Å². The van der Waals surface area contributed by atoms with E-state index in [4.69, 9.17) is 6.42 Å². The Morgan fingerprint density at radius 3 is 2.50 bits per heavy atom. The Bertz CT molecular complexity index is 249. The van der Waals surface area contributed by atoms with Crippen molar-refractivity contribution in [2.45, 2.75) is 33.1 Å². The van der Waals surface area contributed by atoms with Gasteiger partial charge in [0.2, 0.25) is 0 Å². The van der Waals surface area contributed by atoms with E-state index in [1.807, 2.05) is 6.08 Å². The molecule has 0 saturated carbocycles. The molecule has 0 atom stereocenters. The Kier molecular flexibility index (Phi) is 3.77. The highest BCUT2D eigenvalue weighted by molar-refractivity contribution is 5.23. The van der Waals surface area contributed by atoms with Crippen LogP contribution < -0.4 is 0 Å². The summed E-state index contributed by atoms with van der Waals surface area (Å²) in [7, 11) is 2.19. The Hall–Kier alpha value is -0.740. The molecule has 1 saturated heterocycles. The van der Waals surface area contributed by atoms with Gasteiger partial charge in [-0.3, -0.25) is 0 Å². The summed E-state index contributed by atoms with van der Waals surface area (Å²) in [6.07, 6.45) is 10.9. The molecule has 0 aromatic carbocycles. The van der Waals surface area contributed by atoms with E-state index in [0.29, 0.717) is 5.41 Å². The highest BCUT2D eigenvalue weighted by Crippen LogP contribution is 2.39. The Balaban J connectivity index is 2.74. The maximum Gasteiger partial charge on any atom is -0.00135 e. The summed E-state index contributed by atoms with van der Waals surface area (Å²) in [5, 5.41) is 0. The minimum atomic E-state index is 0.355. The van der Waals surface area contributed by atoms with Crippen LogP contribution in [0.2, 0.25) is 0 Å². The molecule has 1 aliphatic rings. The molecule has 1 heterocycles. The van der Waals surface area contributed by atoms with Crippen LogP contribution in [-0.2, 0) is 0 Å². The van der Waals surface area contributed by atoms with Gasteiger partial charge in [0, 0.05) is 0 Å². The molecule has 1 fully saturated rings. The summed E-state index contributed by atoms with van der Waals surface area (Å²) in [5.41, 5.74) is 1.81. The fourth-order valence-electron chi connectivity index (χ4n) is 2.24. The lowest BCUT2D eigenvalue weighted by Gasteiger charge is -2.39. The number of nitrogens with zero attached hydrogens (tertiary/aromatic N) is 1. The SMILES string of the molecule is C#C/C=C(\CC)C1(C)CCN(C)CC1. The molecule has 0 N–H and O–H groups in total. The van der Waals surface area contributed by atoms with E-state index in [9.17, 15) is 0 Å². The first kappa shape index (κ1) is 11.3. The molecule has 0 bridgehead atoms. The normalized spacial score (nSPS) is 23.1. The number of likely N-dealkylation sites (tertiary alicyclic amines) is 1. The van der Waals surface area contributed by atoms with Crippen molar-refractivity contribution in [2.75, 3.05) is 20.1 Å². The predicted octanol–water partition coefficient (Wildman–Crippen LogP) is 2.69. The molecule has 0 amide bonds. The van der Waals surface area contributed by atoms with Crippen LogP contribution in [0.1, 0.15) is 33.1 Å². The van der Waals surface area contributed by atoms with Crippen LogP contribution in [0.5, 0.6) is 0 Å². The number of allylic oxidation sites excluding steroid dienone is 2. The molecule has 1 aliphatic heterocycles. The Morgan fingerprint density at radius 2 is 2.07 bits per heavy atom. The van der Waals surface area contributed by atoms with Crippen molar-refractivity contribution in [2.24, 2.45) is 5.41 Å². The quantitative estimate of drug-likeness (QED) is 0.607. The van der Waals surface area contributed by atoms with E-state index in [0.717, 1.165) is 6.42 Å². The third kappa shape index (κ3) is 2.39. The van der Waals surface area contributed by atoms with E-state index in [-0.39, 0.29) is 0 Å². The van der Waals surface area contributed by atoms with Gasteiger partial charge in [-0.05, 0) is 50.9 Å². The smallest absolute Gasteiger partial charge is 0.00135 e. The molecule has 0 aromatic heterocycles. The molecule has 14 heavy (non-hydrogen) atoms. The zero-order chi connectivity index (χ0) is 10.6. The van der Waals surface area contributed by atoms with Gasteiger partial charge in [0.1, 0.15) is 0 Å². The number of hydrogen-bond acceptors (Lipinski definition) is 1. The monoisotopic (exact) mass is 191 g/mol.